The van der Waals surface area contributed by atoms with Crippen molar-refractivity contribution < 1.29 is 23.0 Å². The Morgan fingerprint density at radius 1 is 1.24 bits per heavy atom. The van der Waals surface area contributed by atoms with Crippen molar-refractivity contribution in [3.63, 3.8) is 0 Å². The predicted molar refractivity (Wildman–Crippen MR) is 142 cm³/mol. The molecule has 8 nitrogen and oxygen atoms in total. The van der Waals surface area contributed by atoms with E-state index in [1.165, 1.54) is 19.2 Å². The molecule has 2 aliphatic heterocycles. The molecule has 2 aromatic heterocycles. The quantitative estimate of drug-likeness (QED) is 0.349. The number of nitrogen functional groups attached to an aromatic ring is 1. The number of aromatic nitrogens is 2. The Labute approximate surface area is 225 Å². The molecule has 0 radical (unpaired) electrons. The molecular formula is C26H22ClF2N5O3S. The summed E-state index contributed by atoms with van der Waals surface area (Å²) in [6.45, 7) is 2.84. The number of halogens is 3. The molecule has 2 aromatic carbocycles. The predicted octanol–water partition coefficient (Wildman–Crippen LogP) is 5.53. The number of nitrogens with zero attached hydrogens (tertiary/aromatic N) is 4. The molecule has 0 unspecified atom stereocenters. The van der Waals surface area contributed by atoms with Crippen LogP contribution in [-0.4, -0.2) is 50.0 Å². The number of benzene rings is 2. The molecular weight excluding hydrogens is 536 g/mol. The maximum Gasteiger partial charge on any atom is 0.318 e. The summed E-state index contributed by atoms with van der Waals surface area (Å²) in [5.74, 6) is -0.247. The Balaban J connectivity index is 1.63. The van der Waals surface area contributed by atoms with E-state index in [0.29, 0.717) is 43.4 Å². The summed E-state index contributed by atoms with van der Waals surface area (Å²) in [5, 5.41) is 10.4. The van der Waals surface area contributed by atoms with E-state index in [0.717, 1.165) is 24.2 Å². The molecule has 2 aliphatic rings. The van der Waals surface area contributed by atoms with Crippen LogP contribution in [0.25, 0.3) is 32.1 Å². The van der Waals surface area contributed by atoms with Crippen molar-refractivity contribution in [1.29, 1.82) is 5.26 Å². The third-order valence-corrected chi connectivity index (χ3v) is 8.44. The van der Waals surface area contributed by atoms with Crippen molar-refractivity contribution in [1.82, 2.24) is 9.97 Å². The summed E-state index contributed by atoms with van der Waals surface area (Å²) in [4.78, 5) is 11.0. The van der Waals surface area contributed by atoms with Crippen LogP contribution in [0.1, 0.15) is 18.4 Å². The minimum atomic E-state index is -0.756. The number of rotatable bonds is 4. The van der Waals surface area contributed by atoms with Gasteiger partial charge in [-0.25, -0.2) is 8.78 Å². The summed E-state index contributed by atoms with van der Waals surface area (Å²) in [7, 11) is 1.41. The van der Waals surface area contributed by atoms with Gasteiger partial charge in [-0.15, -0.1) is 11.3 Å². The highest BCUT2D eigenvalue weighted by molar-refractivity contribution is 7.23. The fraction of sp³-hybridized carbons (Fsp3) is 0.346. The lowest BCUT2D eigenvalue weighted by Crippen LogP contribution is -2.35. The normalized spacial score (nSPS) is 15.9. The van der Waals surface area contributed by atoms with Gasteiger partial charge < -0.3 is 24.8 Å². The lowest BCUT2D eigenvalue weighted by Gasteiger charge is -2.30. The third-order valence-electron chi connectivity index (χ3n) is 7.05. The van der Waals surface area contributed by atoms with Gasteiger partial charge in [0.2, 0.25) is 0 Å². The number of ether oxygens (including phenoxy) is 3. The van der Waals surface area contributed by atoms with Crippen LogP contribution in [0.2, 0.25) is 5.02 Å². The zero-order valence-corrected chi connectivity index (χ0v) is 21.9. The van der Waals surface area contributed by atoms with Gasteiger partial charge in [-0.2, -0.15) is 15.2 Å². The summed E-state index contributed by atoms with van der Waals surface area (Å²) in [6.07, 6.45) is 1.82. The molecule has 6 rings (SSSR count). The molecule has 12 heteroatoms. The van der Waals surface area contributed by atoms with Crippen molar-refractivity contribution in [2.24, 2.45) is 5.92 Å². The third kappa shape index (κ3) is 3.86. The summed E-state index contributed by atoms with van der Waals surface area (Å²) in [5.41, 5.74) is 6.19. The summed E-state index contributed by atoms with van der Waals surface area (Å²) < 4.78 is 48.3. The standard InChI is InChI=1S/C26H22ClF2N5O3S/c1-35-26-32-21-18-22(37-9-6-34(25(18)33-26)11-12-4-7-36-8-5-12)19(27)17(20(21)29)13-2-3-15(28)23-16(13)14(10-30)24(31)38-23/h2-3,12H,4-9,11,31H2,1H3. The lowest BCUT2D eigenvalue weighted by atomic mass is 9.96. The SMILES string of the molecule is COc1nc2c3c(c(Cl)c(-c4ccc(F)c5sc(N)c(C#N)c45)c(F)c3n1)OCCN2CC1CCOCC1. The van der Waals surface area contributed by atoms with Crippen molar-refractivity contribution in [2.75, 3.05) is 50.7 Å². The van der Waals surface area contributed by atoms with Crippen LogP contribution in [0.15, 0.2) is 12.1 Å². The molecule has 0 bridgehead atoms. The molecule has 0 amide bonds. The smallest absolute Gasteiger partial charge is 0.318 e. The minimum Gasteiger partial charge on any atom is -0.489 e. The average molecular weight is 558 g/mol. The second-order valence-corrected chi connectivity index (χ2v) is 10.6. The minimum absolute atomic E-state index is 0.00811. The first-order valence-corrected chi connectivity index (χ1v) is 13.3. The number of methoxy groups -OCH3 is 1. The molecule has 4 heterocycles. The van der Waals surface area contributed by atoms with E-state index in [1.807, 2.05) is 6.07 Å². The van der Waals surface area contributed by atoms with Crippen LogP contribution in [-0.2, 0) is 4.74 Å². The number of anilines is 2. The van der Waals surface area contributed by atoms with E-state index >= 15 is 4.39 Å². The van der Waals surface area contributed by atoms with Crippen molar-refractivity contribution >= 4 is 54.7 Å². The largest absolute Gasteiger partial charge is 0.489 e. The van der Waals surface area contributed by atoms with Gasteiger partial charge in [0.15, 0.2) is 11.6 Å². The van der Waals surface area contributed by atoms with Gasteiger partial charge in [0.1, 0.15) is 34.8 Å². The molecule has 1 fully saturated rings. The number of nitrogens with two attached hydrogens (primary N) is 1. The van der Waals surface area contributed by atoms with E-state index in [9.17, 15) is 9.65 Å². The highest BCUT2D eigenvalue weighted by atomic mass is 35.5. The molecule has 38 heavy (non-hydrogen) atoms. The fourth-order valence-electron chi connectivity index (χ4n) is 5.22. The van der Waals surface area contributed by atoms with Gasteiger partial charge in [0.05, 0.1) is 34.3 Å². The van der Waals surface area contributed by atoms with E-state index in [2.05, 4.69) is 14.9 Å². The van der Waals surface area contributed by atoms with Crippen LogP contribution in [0.5, 0.6) is 11.8 Å². The second kappa shape index (κ2) is 9.69. The highest BCUT2D eigenvalue weighted by Crippen LogP contribution is 2.50. The average Bonchev–Trinajstić information content (AvgIpc) is 3.17. The van der Waals surface area contributed by atoms with Gasteiger partial charge in [0.25, 0.3) is 0 Å². The zero-order chi connectivity index (χ0) is 26.6. The number of nitriles is 1. The van der Waals surface area contributed by atoms with Crippen molar-refractivity contribution in [2.45, 2.75) is 12.8 Å². The number of hydrogen-bond donors (Lipinski definition) is 1. The van der Waals surface area contributed by atoms with Gasteiger partial charge in [-0.05, 0) is 30.4 Å². The Hall–Kier alpha value is -3.46. The number of fused-ring (bicyclic) bond motifs is 1. The van der Waals surface area contributed by atoms with Gasteiger partial charge >= 0.3 is 6.01 Å². The van der Waals surface area contributed by atoms with Crippen LogP contribution < -0.4 is 20.1 Å². The monoisotopic (exact) mass is 557 g/mol. The molecule has 4 aromatic rings. The van der Waals surface area contributed by atoms with E-state index in [-0.39, 0.29) is 60.7 Å². The maximum absolute atomic E-state index is 16.5. The molecule has 196 valence electrons. The first kappa shape index (κ1) is 24.9. The Kier molecular flexibility index (Phi) is 6.34. The summed E-state index contributed by atoms with van der Waals surface area (Å²) >= 11 is 7.80. The zero-order valence-electron chi connectivity index (χ0n) is 20.3. The van der Waals surface area contributed by atoms with E-state index < -0.39 is 11.6 Å². The molecule has 0 atom stereocenters. The number of thiophene rings is 1. The highest BCUT2D eigenvalue weighted by Gasteiger charge is 2.32. The van der Waals surface area contributed by atoms with Crippen molar-refractivity contribution in [3.8, 4) is 29.0 Å². The lowest BCUT2D eigenvalue weighted by molar-refractivity contribution is 0.0680. The Morgan fingerprint density at radius 3 is 2.76 bits per heavy atom. The van der Waals surface area contributed by atoms with Crippen LogP contribution in [0, 0.1) is 28.9 Å². The van der Waals surface area contributed by atoms with Crippen molar-refractivity contribution in [3.05, 3.63) is 34.4 Å². The molecule has 0 saturated carbocycles. The van der Waals surface area contributed by atoms with Crippen LogP contribution in [0.3, 0.4) is 0 Å². The van der Waals surface area contributed by atoms with Crippen LogP contribution in [0.4, 0.5) is 19.6 Å². The molecule has 2 N–H and O–H groups in total. The number of hydrogen-bond acceptors (Lipinski definition) is 9. The van der Waals surface area contributed by atoms with Gasteiger partial charge in [-0.1, -0.05) is 17.7 Å². The summed E-state index contributed by atoms with van der Waals surface area (Å²) in [6, 6.07) is 4.60. The molecule has 0 aliphatic carbocycles. The Bertz CT molecular complexity index is 1630. The first-order valence-electron chi connectivity index (χ1n) is 12.1. The molecule has 0 spiro atoms. The Morgan fingerprint density at radius 2 is 2.03 bits per heavy atom. The molecule has 1 saturated heterocycles. The van der Waals surface area contributed by atoms with Gasteiger partial charge in [0, 0.05) is 30.7 Å². The van der Waals surface area contributed by atoms with Gasteiger partial charge in [-0.3, -0.25) is 0 Å². The van der Waals surface area contributed by atoms with Crippen LogP contribution >= 0.6 is 22.9 Å². The first-order chi connectivity index (χ1) is 18.4. The fourth-order valence-corrected chi connectivity index (χ4v) is 6.50. The van der Waals surface area contributed by atoms with E-state index in [4.69, 9.17) is 31.5 Å². The van der Waals surface area contributed by atoms with E-state index in [1.54, 1.807) is 0 Å². The maximum atomic E-state index is 16.5. The second-order valence-electron chi connectivity index (χ2n) is 9.19. The topological polar surface area (TPSA) is 107 Å².